The van der Waals surface area contributed by atoms with E-state index in [1.807, 2.05) is 0 Å². The zero-order valence-corrected chi connectivity index (χ0v) is 10.3. The van der Waals surface area contributed by atoms with Crippen LogP contribution in [0.1, 0.15) is 10.4 Å². The third-order valence-electron chi connectivity index (χ3n) is 2.12. The molecule has 0 fully saturated rings. The second kappa shape index (κ2) is 5.05. The summed E-state index contributed by atoms with van der Waals surface area (Å²) in [6.45, 7) is 0.265. The lowest BCUT2D eigenvalue weighted by molar-refractivity contribution is 0.100. The number of nitrogen functional groups attached to an aromatic ring is 1. The molecule has 0 heterocycles. The quantitative estimate of drug-likeness (QED) is 0.633. The monoisotopic (exact) mass is 257 g/mol. The first-order valence-corrected chi connectivity index (χ1v) is 6.96. The molecule has 0 spiro atoms. The summed E-state index contributed by atoms with van der Waals surface area (Å²) < 4.78 is 21.8. The van der Waals surface area contributed by atoms with E-state index in [1.165, 1.54) is 6.07 Å². The van der Waals surface area contributed by atoms with Gasteiger partial charge in [-0.1, -0.05) is 0 Å². The number of benzene rings is 1. The Labute approximate surface area is 99.9 Å². The van der Waals surface area contributed by atoms with Crippen molar-refractivity contribution in [1.29, 1.82) is 0 Å². The Morgan fingerprint density at radius 3 is 2.59 bits per heavy atom. The van der Waals surface area contributed by atoms with E-state index in [1.54, 1.807) is 12.1 Å². The molecule has 0 saturated carbocycles. The van der Waals surface area contributed by atoms with Gasteiger partial charge in [0, 0.05) is 24.2 Å². The van der Waals surface area contributed by atoms with Crippen LogP contribution in [0.5, 0.6) is 0 Å². The summed E-state index contributed by atoms with van der Waals surface area (Å²) in [5, 5.41) is 2.88. The van der Waals surface area contributed by atoms with E-state index < -0.39 is 15.7 Å². The molecular weight excluding hydrogens is 242 g/mol. The van der Waals surface area contributed by atoms with Crippen LogP contribution < -0.4 is 16.8 Å². The van der Waals surface area contributed by atoms with E-state index >= 15 is 0 Å². The maximum absolute atomic E-state index is 11.0. The van der Waals surface area contributed by atoms with Crippen molar-refractivity contribution in [3.63, 3.8) is 0 Å². The van der Waals surface area contributed by atoms with Gasteiger partial charge in [-0.3, -0.25) is 4.79 Å². The van der Waals surface area contributed by atoms with Gasteiger partial charge in [0.2, 0.25) is 0 Å². The molecule has 0 unspecified atom stereocenters. The van der Waals surface area contributed by atoms with E-state index in [2.05, 4.69) is 5.32 Å². The molecule has 0 bridgehead atoms. The predicted octanol–water partition coefficient (Wildman–Crippen LogP) is -0.176. The van der Waals surface area contributed by atoms with Gasteiger partial charge in [0.1, 0.15) is 9.84 Å². The lowest BCUT2D eigenvalue weighted by atomic mass is 10.1. The molecule has 1 aromatic rings. The Morgan fingerprint density at radius 1 is 1.41 bits per heavy atom. The molecule has 0 aromatic heterocycles. The summed E-state index contributed by atoms with van der Waals surface area (Å²) in [7, 11) is -3.01. The number of primary amides is 1. The summed E-state index contributed by atoms with van der Waals surface area (Å²) in [6.07, 6.45) is 1.16. The number of anilines is 2. The van der Waals surface area contributed by atoms with Gasteiger partial charge < -0.3 is 16.8 Å². The highest BCUT2D eigenvalue weighted by Crippen LogP contribution is 2.17. The number of carbonyl (C=O) groups is 1. The van der Waals surface area contributed by atoms with Gasteiger partial charge in [-0.25, -0.2) is 8.42 Å². The van der Waals surface area contributed by atoms with Crippen LogP contribution in [0, 0.1) is 0 Å². The molecule has 6 nitrogen and oxygen atoms in total. The standard InChI is InChI=1S/C10H15N3O3S/c1-17(15,16)5-4-13-7-2-3-9(11)8(6-7)10(12)14/h2-3,6,13H,4-5,11H2,1H3,(H2,12,14). The van der Waals surface area contributed by atoms with Crippen LogP contribution in [0.2, 0.25) is 0 Å². The molecular formula is C10H15N3O3S. The van der Waals surface area contributed by atoms with Crippen molar-refractivity contribution in [1.82, 2.24) is 0 Å². The Kier molecular flexibility index (Phi) is 3.95. The molecule has 94 valence electrons. The number of nitrogens with one attached hydrogen (secondary N) is 1. The fraction of sp³-hybridized carbons (Fsp3) is 0.300. The molecule has 0 aliphatic heterocycles. The minimum absolute atomic E-state index is 0.0171. The zero-order chi connectivity index (χ0) is 13.1. The summed E-state index contributed by atoms with van der Waals surface area (Å²) >= 11 is 0. The van der Waals surface area contributed by atoms with E-state index in [-0.39, 0.29) is 17.9 Å². The summed E-state index contributed by atoms with van der Waals surface area (Å²) in [5.41, 5.74) is 11.8. The number of hydrogen-bond donors (Lipinski definition) is 3. The van der Waals surface area contributed by atoms with Crippen molar-refractivity contribution in [3.05, 3.63) is 23.8 Å². The molecule has 7 heteroatoms. The molecule has 1 amide bonds. The molecule has 1 aromatic carbocycles. The van der Waals surface area contributed by atoms with Crippen LogP contribution in [0.3, 0.4) is 0 Å². The van der Waals surface area contributed by atoms with Gasteiger partial charge in [0.15, 0.2) is 0 Å². The molecule has 1 rings (SSSR count). The smallest absolute Gasteiger partial charge is 0.250 e. The van der Waals surface area contributed by atoms with Gasteiger partial charge in [0.25, 0.3) is 5.91 Å². The van der Waals surface area contributed by atoms with Gasteiger partial charge in [-0.05, 0) is 18.2 Å². The highest BCUT2D eigenvalue weighted by molar-refractivity contribution is 7.90. The number of nitrogens with two attached hydrogens (primary N) is 2. The number of carbonyl (C=O) groups excluding carboxylic acids is 1. The highest BCUT2D eigenvalue weighted by atomic mass is 32.2. The minimum Gasteiger partial charge on any atom is -0.398 e. The fourth-order valence-electron chi connectivity index (χ4n) is 1.26. The zero-order valence-electron chi connectivity index (χ0n) is 9.43. The van der Waals surface area contributed by atoms with E-state index in [0.717, 1.165) is 6.26 Å². The number of amides is 1. The third-order valence-corrected chi connectivity index (χ3v) is 3.07. The fourth-order valence-corrected chi connectivity index (χ4v) is 1.73. The van der Waals surface area contributed by atoms with Gasteiger partial charge in [0.05, 0.1) is 11.3 Å². The summed E-state index contributed by atoms with van der Waals surface area (Å²) in [5.74, 6) is -0.599. The first kappa shape index (κ1) is 13.3. The van der Waals surface area contributed by atoms with Crippen molar-refractivity contribution >= 4 is 27.1 Å². The first-order chi connectivity index (χ1) is 7.79. The number of hydrogen-bond acceptors (Lipinski definition) is 5. The Morgan fingerprint density at radius 2 is 2.06 bits per heavy atom. The maximum atomic E-state index is 11.0. The van der Waals surface area contributed by atoms with Gasteiger partial charge in [-0.2, -0.15) is 0 Å². The van der Waals surface area contributed by atoms with Crippen molar-refractivity contribution in [3.8, 4) is 0 Å². The molecule has 5 N–H and O–H groups in total. The second-order valence-electron chi connectivity index (χ2n) is 3.72. The average Bonchev–Trinajstić information content (AvgIpc) is 2.18. The van der Waals surface area contributed by atoms with Crippen molar-refractivity contribution in [2.24, 2.45) is 5.73 Å². The average molecular weight is 257 g/mol. The van der Waals surface area contributed by atoms with Crippen molar-refractivity contribution < 1.29 is 13.2 Å². The van der Waals surface area contributed by atoms with Crippen LogP contribution in [-0.4, -0.2) is 32.9 Å². The maximum Gasteiger partial charge on any atom is 0.250 e. The van der Waals surface area contributed by atoms with Crippen LogP contribution in [0.25, 0.3) is 0 Å². The molecule has 17 heavy (non-hydrogen) atoms. The highest BCUT2D eigenvalue weighted by Gasteiger charge is 2.07. The minimum atomic E-state index is -3.01. The van der Waals surface area contributed by atoms with Gasteiger partial charge in [-0.15, -0.1) is 0 Å². The predicted molar refractivity (Wildman–Crippen MR) is 67.6 cm³/mol. The molecule has 0 atom stereocenters. The summed E-state index contributed by atoms with van der Waals surface area (Å²) in [6, 6.07) is 4.70. The van der Waals surface area contributed by atoms with Crippen LogP contribution in [-0.2, 0) is 9.84 Å². The normalized spacial score (nSPS) is 11.1. The largest absolute Gasteiger partial charge is 0.398 e. The molecule has 0 aliphatic rings. The summed E-state index contributed by atoms with van der Waals surface area (Å²) in [4.78, 5) is 11.0. The lowest BCUT2D eigenvalue weighted by Crippen LogP contribution is -2.16. The van der Waals surface area contributed by atoms with Crippen LogP contribution >= 0.6 is 0 Å². The number of rotatable bonds is 5. The van der Waals surface area contributed by atoms with Crippen LogP contribution in [0.15, 0.2) is 18.2 Å². The van der Waals surface area contributed by atoms with E-state index in [0.29, 0.717) is 11.4 Å². The lowest BCUT2D eigenvalue weighted by Gasteiger charge is -2.08. The Hall–Kier alpha value is -1.76. The van der Waals surface area contributed by atoms with Gasteiger partial charge >= 0.3 is 0 Å². The first-order valence-electron chi connectivity index (χ1n) is 4.90. The Balaban J connectivity index is 2.73. The second-order valence-corrected chi connectivity index (χ2v) is 5.98. The van der Waals surface area contributed by atoms with Crippen LogP contribution in [0.4, 0.5) is 11.4 Å². The Bertz CT molecular complexity index is 526. The number of sulfone groups is 1. The molecule has 0 saturated heterocycles. The van der Waals surface area contributed by atoms with Crippen molar-refractivity contribution in [2.75, 3.05) is 29.6 Å². The molecule has 0 aliphatic carbocycles. The SMILES string of the molecule is CS(=O)(=O)CCNc1ccc(N)c(C(N)=O)c1. The van der Waals surface area contributed by atoms with Crippen molar-refractivity contribution in [2.45, 2.75) is 0 Å². The van der Waals surface area contributed by atoms with E-state index in [9.17, 15) is 13.2 Å². The molecule has 0 radical (unpaired) electrons. The van der Waals surface area contributed by atoms with E-state index in [4.69, 9.17) is 11.5 Å². The third kappa shape index (κ3) is 4.31. The topological polar surface area (TPSA) is 115 Å².